The Balaban J connectivity index is 1.96. The van der Waals surface area contributed by atoms with Crippen molar-refractivity contribution in [2.45, 2.75) is 96.9 Å². The van der Waals surface area contributed by atoms with E-state index in [1.54, 1.807) is 0 Å². The number of hydrogen-bond acceptors (Lipinski definition) is 4. The molecule has 2 aliphatic rings. The lowest BCUT2D eigenvalue weighted by atomic mass is 9.73. The Hall–Kier alpha value is -0.810. The zero-order valence-corrected chi connectivity index (χ0v) is 16.7. The maximum atomic E-state index is 12.0. The number of carbonyl (C=O) groups excluding carboxylic acids is 1. The molecule has 5 heteroatoms. The van der Waals surface area contributed by atoms with E-state index in [0.29, 0.717) is 6.54 Å². The minimum atomic E-state index is -0.521. The van der Waals surface area contributed by atoms with Gasteiger partial charge >= 0.3 is 6.09 Å². The van der Waals surface area contributed by atoms with Gasteiger partial charge in [-0.15, -0.1) is 0 Å². The van der Waals surface area contributed by atoms with Crippen LogP contribution in [0.15, 0.2) is 0 Å². The Morgan fingerprint density at radius 1 is 1.28 bits per heavy atom. The van der Waals surface area contributed by atoms with Crippen LogP contribution in [0.4, 0.5) is 4.79 Å². The minimum absolute atomic E-state index is 0.0350. The largest absolute Gasteiger partial charge is 0.444 e. The van der Waals surface area contributed by atoms with E-state index in [0.717, 1.165) is 19.3 Å². The first-order chi connectivity index (χ1) is 11.6. The van der Waals surface area contributed by atoms with E-state index in [1.807, 2.05) is 20.8 Å². The average molecular weight is 356 g/mol. The summed E-state index contributed by atoms with van der Waals surface area (Å²) in [5.41, 5.74) is -0.805. The molecule has 25 heavy (non-hydrogen) atoms. The second-order valence-corrected chi connectivity index (χ2v) is 9.40. The minimum Gasteiger partial charge on any atom is -0.444 e. The molecule has 0 aromatic heterocycles. The van der Waals surface area contributed by atoms with Crippen molar-refractivity contribution < 1.29 is 19.4 Å². The van der Waals surface area contributed by atoms with Gasteiger partial charge in [-0.1, -0.05) is 26.7 Å². The van der Waals surface area contributed by atoms with Crippen molar-refractivity contribution in [3.05, 3.63) is 0 Å². The zero-order chi connectivity index (χ0) is 18.7. The highest BCUT2D eigenvalue weighted by molar-refractivity contribution is 5.67. The van der Waals surface area contributed by atoms with Gasteiger partial charge in [-0.3, -0.25) is 0 Å². The molecule has 1 saturated heterocycles. The average Bonchev–Trinajstić information content (AvgIpc) is 3.12. The highest BCUT2D eigenvalue weighted by atomic mass is 16.6. The zero-order valence-electron chi connectivity index (χ0n) is 16.7. The van der Waals surface area contributed by atoms with Crippen LogP contribution in [-0.4, -0.2) is 41.7 Å². The van der Waals surface area contributed by atoms with Crippen LogP contribution in [-0.2, 0) is 9.47 Å². The Bertz CT molecular complexity index is 451. The number of aliphatic hydroxyl groups excluding tert-OH is 1. The molecule has 2 fully saturated rings. The summed E-state index contributed by atoms with van der Waals surface area (Å²) < 4.78 is 11.8. The van der Waals surface area contributed by atoms with Crippen LogP contribution in [0.25, 0.3) is 0 Å². The van der Waals surface area contributed by atoms with Gasteiger partial charge < -0.3 is 19.9 Å². The van der Waals surface area contributed by atoms with E-state index in [4.69, 9.17) is 9.47 Å². The Morgan fingerprint density at radius 3 is 2.44 bits per heavy atom. The predicted octanol–water partition coefficient (Wildman–Crippen LogP) is 4.03. The van der Waals surface area contributed by atoms with Gasteiger partial charge in [0.05, 0.1) is 18.3 Å². The van der Waals surface area contributed by atoms with Crippen molar-refractivity contribution >= 4 is 6.09 Å². The molecule has 1 amide bonds. The van der Waals surface area contributed by atoms with Crippen molar-refractivity contribution in [1.29, 1.82) is 0 Å². The van der Waals surface area contributed by atoms with E-state index < -0.39 is 11.7 Å². The summed E-state index contributed by atoms with van der Waals surface area (Å²) in [5.74, 6) is 0.233. The predicted molar refractivity (Wildman–Crippen MR) is 98.5 cm³/mol. The van der Waals surface area contributed by atoms with Crippen LogP contribution < -0.4 is 5.32 Å². The molecule has 1 saturated carbocycles. The van der Waals surface area contributed by atoms with Gasteiger partial charge in [0.2, 0.25) is 0 Å². The number of hydrogen-bond donors (Lipinski definition) is 2. The molecule has 1 aliphatic carbocycles. The lowest BCUT2D eigenvalue weighted by Gasteiger charge is -2.38. The molecule has 1 spiro atoms. The lowest BCUT2D eigenvalue weighted by molar-refractivity contribution is -0.0679. The maximum Gasteiger partial charge on any atom is 0.407 e. The van der Waals surface area contributed by atoms with Crippen LogP contribution in [0.2, 0.25) is 0 Å². The fourth-order valence-electron chi connectivity index (χ4n) is 4.26. The standard InChI is InChI=1S/C20H37NO4/c1-15(2)19(14-22,13-21-17(23)25-18(3,4)5)12-16-8-11-20(24-16)9-6-7-10-20/h15-16,22H,6-14H2,1-5H3,(H,21,23). The number of amides is 1. The van der Waals surface area contributed by atoms with Crippen LogP contribution in [0.1, 0.15) is 79.6 Å². The molecule has 146 valence electrons. The fourth-order valence-corrected chi connectivity index (χ4v) is 4.26. The lowest BCUT2D eigenvalue weighted by Crippen LogP contribution is -2.47. The van der Waals surface area contributed by atoms with Crippen molar-refractivity contribution in [2.75, 3.05) is 13.2 Å². The van der Waals surface area contributed by atoms with E-state index in [2.05, 4.69) is 19.2 Å². The second kappa shape index (κ2) is 7.83. The van der Waals surface area contributed by atoms with E-state index in [9.17, 15) is 9.90 Å². The van der Waals surface area contributed by atoms with Gasteiger partial charge in [-0.25, -0.2) is 4.79 Å². The second-order valence-electron chi connectivity index (χ2n) is 9.40. The topological polar surface area (TPSA) is 67.8 Å². The Labute approximate surface area is 152 Å². The third-order valence-electron chi connectivity index (χ3n) is 6.01. The van der Waals surface area contributed by atoms with Crippen molar-refractivity contribution in [1.82, 2.24) is 5.32 Å². The normalized spacial score (nSPS) is 25.3. The molecule has 0 aromatic rings. The Morgan fingerprint density at radius 2 is 1.92 bits per heavy atom. The molecular weight excluding hydrogens is 318 g/mol. The van der Waals surface area contributed by atoms with E-state index in [1.165, 1.54) is 25.7 Å². The van der Waals surface area contributed by atoms with Gasteiger partial charge in [-0.2, -0.15) is 0 Å². The SMILES string of the molecule is CC(C)C(CO)(CNC(=O)OC(C)(C)C)CC1CCC2(CCCC2)O1. The summed E-state index contributed by atoms with van der Waals surface area (Å²) >= 11 is 0. The first-order valence-electron chi connectivity index (χ1n) is 9.85. The fraction of sp³-hybridized carbons (Fsp3) is 0.950. The molecule has 0 aromatic carbocycles. The molecule has 0 bridgehead atoms. The summed E-state index contributed by atoms with van der Waals surface area (Å²) in [6, 6.07) is 0. The molecular formula is C20H37NO4. The summed E-state index contributed by atoms with van der Waals surface area (Å²) in [6.45, 7) is 10.2. The molecule has 2 N–H and O–H groups in total. The van der Waals surface area contributed by atoms with Gasteiger partial charge in [0.15, 0.2) is 0 Å². The number of carbonyl (C=O) groups is 1. The molecule has 0 radical (unpaired) electrons. The van der Waals surface area contributed by atoms with Crippen molar-refractivity contribution in [3.63, 3.8) is 0 Å². The summed E-state index contributed by atoms with van der Waals surface area (Å²) in [4.78, 5) is 12.0. The highest BCUT2D eigenvalue weighted by Crippen LogP contribution is 2.46. The number of ether oxygens (including phenoxy) is 2. The Kier molecular flexibility index (Phi) is 6.42. The van der Waals surface area contributed by atoms with Crippen LogP contribution in [0.5, 0.6) is 0 Å². The summed E-state index contributed by atoms with van der Waals surface area (Å²) in [5, 5.41) is 13.0. The molecule has 2 atom stereocenters. The molecule has 1 heterocycles. The van der Waals surface area contributed by atoms with Gasteiger partial charge in [0.25, 0.3) is 0 Å². The number of alkyl carbamates (subject to hydrolysis) is 1. The first kappa shape index (κ1) is 20.5. The molecule has 5 nitrogen and oxygen atoms in total. The van der Waals surface area contributed by atoms with Crippen molar-refractivity contribution in [3.8, 4) is 0 Å². The number of nitrogens with one attached hydrogen (secondary N) is 1. The van der Waals surface area contributed by atoms with E-state index in [-0.39, 0.29) is 29.6 Å². The van der Waals surface area contributed by atoms with Gasteiger partial charge in [-0.05, 0) is 58.8 Å². The smallest absolute Gasteiger partial charge is 0.407 e. The summed E-state index contributed by atoms with van der Waals surface area (Å²) in [6.07, 6.45) is 7.60. The third kappa shape index (κ3) is 5.33. The monoisotopic (exact) mass is 355 g/mol. The maximum absolute atomic E-state index is 12.0. The van der Waals surface area contributed by atoms with Crippen LogP contribution in [0, 0.1) is 11.3 Å². The van der Waals surface area contributed by atoms with Crippen LogP contribution >= 0.6 is 0 Å². The molecule has 1 aliphatic heterocycles. The third-order valence-corrected chi connectivity index (χ3v) is 6.01. The number of rotatable bonds is 6. The van der Waals surface area contributed by atoms with Crippen molar-refractivity contribution in [2.24, 2.45) is 11.3 Å². The first-order valence-corrected chi connectivity index (χ1v) is 9.85. The quantitative estimate of drug-likeness (QED) is 0.755. The van der Waals surface area contributed by atoms with Crippen LogP contribution in [0.3, 0.4) is 0 Å². The van der Waals surface area contributed by atoms with E-state index >= 15 is 0 Å². The van der Waals surface area contributed by atoms with Gasteiger partial charge in [0, 0.05) is 12.0 Å². The molecule has 2 rings (SSSR count). The summed E-state index contributed by atoms with van der Waals surface area (Å²) in [7, 11) is 0. The van der Waals surface area contributed by atoms with Gasteiger partial charge in [0.1, 0.15) is 5.60 Å². The highest BCUT2D eigenvalue weighted by Gasteiger charge is 2.45. The molecule has 2 unspecified atom stereocenters. The number of aliphatic hydroxyl groups is 1.